The van der Waals surface area contributed by atoms with Crippen molar-refractivity contribution in [1.82, 2.24) is 15.1 Å². The van der Waals surface area contributed by atoms with Crippen molar-refractivity contribution in [3.63, 3.8) is 0 Å². The number of hydrogen-bond acceptors (Lipinski definition) is 8. The van der Waals surface area contributed by atoms with Crippen LogP contribution in [0.4, 0.5) is 11.7 Å². The van der Waals surface area contributed by atoms with Crippen LogP contribution < -0.4 is 11.1 Å². The molecule has 154 valence electrons. The molecule has 1 aromatic carbocycles. The van der Waals surface area contributed by atoms with E-state index in [1.165, 1.54) is 0 Å². The maximum atomic E-state index is 13.1. The minimum atomic E-state index is -0.932. The first-order chi connectivity index (χ1) is 13.9. The molecule has 3 N–H and O–H groups in total. The largest absolute Gasteiger partial charge is 0.408 e. The maximum absolute atomic E-state index is 13.1. The van der Waals surface area contributed by atoms with E-state index in [0.29, 0.717) is 35.4 Å². The number of carbonyl (C=O) groups is 1. The van der Waals surface area contributed by atoms with Gasteiger partial charge in [-0.1, -0.05) is 22.8 Å². The topological polar surface area (TPSA) is 119 Å². The third-order valence-corrected chi connectivity index (χ3v) is 5.56. The smallest absolute Gasteiger partial charge is 0.320 e. The molecule has 0 aliphatic carbocycles. The Morgan fingerprint density at radius 2 is 2.07 bits per heavy atom. The van der Waals surface area contributed by atoms with E-state index >= 15 is 0 Å². The summed E-state index contributed by atoms with van der Waals surface area (Å²) in [5.74, 6) is 0.561. The van der Waals surface area contributed by atoms with Crippen LogP contribution in [0.25, 0.3) is 0 Å². The molecule has 2 aliphatic rings. The first-order valence-corrected chi connectivity index (χ1v) is 9.86. The fourth-order valence-electron chi connectivity index (χ4n) is 3.97. The lowest BCUT2D eigenvalue weighted by Gasteiger charge is -2.41. The van der Waals surface area contributed by atoms with Crippen LogP contribution in [0.5, 0.6) is 0 Å². The number of aliphatic imine (C=N–C) groups is 1. The van der Waals surface area contributed by atoms with Crippen LogP contribution in [0.1, 0.15) is 37.6 Å². The minimum Gasteiger partial charge on any atom is -0.408 e. The molecular weight excluding hydrogens is 396 g/mol. The van der Waals surface area contributed by atoms with Crippen LogP contribution in [0.15, 0.2) is 27.6 Å². The zero-order valence-corrected chi connectivity index (χ0v) is 17.1. The number of nitrogens with one attached hydrogen (secondary N) is 1. The van der Waals surface area contributed by atoms with E-state index in [0.717, 1.165) is 12.8 Å². The number of aromatic nitrogens is 2. The summed E-state index contributed by atoms with van der Waals surface area (Å²) in [6.45, 7) is 4.78. The average molecular weight is 419 g/mol. The van der Waals surface area contributed by atoms with Crippen molar-refractivity contribution >= 4 is 35.2 Å². The van der Waals surface area contributed by atoms with Crippen molar-refractivity contribution in [1.29, 1.82) is 0 Å². The van der Waals surface area contributed by atoms with Crippen LogP contribution in [0.2, 0.25) is 5.02 Å². The second kappa shape index (κ2) is 7.64. The second-order valence-corrected chi connectivity index (χ2v) is 7.85. The van der Waals surface area contributed by atoms with Crippen molar-refractivity contribution in [2.24, 2.45) is 10.7 Å². The van der Waals surface area contributed by atoms with Crippen molar-refractivity contribution in [2.45, 2.75) is 44.7 Å². The lowest BCUT2D eigenvalue weighted by atomic mass is 9.85. The summed E-state index contributed by atoms with van der Waals surface area (Å²) in [5, 5.41) is 11.3. The molecule has 3 heterocycles. The number of amides is 1. The molecular formula is C19H23ClN6O3. The Kier molecular flexibility index (Phi) is 5.18. The third-order valence-electron chi connectivity index (χ3n) is 5.25. The number of nitrogens with zero attached hydrogens (tertiary/aromatic N) is 4. The number of benzene rings is 1. The Bertz CT molecular complexity index is 955. The number of rotatable bonds is 4. The zero-order valence-electron chi connectivity index (χ0n) is 16.3. The van der Waals surface area contributed by atoms with E-state index < -0.39 is 5.54 Å². The lowest BCUT2D eigenvalue weighted by molar-refractivity contribution is -0.132. The SMILES string of the molecule is Cc1nnc(Nc2cccc(Cl)c2[C@]2(C)CC(=O)N(C3CCOCC3)C(N)=N2)o1. The van der Waals surface area contributed by atoms with E-state index in [1.54, 1.807) is 24.0 Å². The number of aryl methyl sites for hydroxylation is 1. The van der Waals surface area contributed by atoms with Crippen LogP contribution in [-0.4, -0.2) is 46.2 Å². The molecule has 29 heavy (non-hydrogen) atoms. The molecule has 1 fully saturated rings. The van der Waals surface area contributed by atoms with Gasteiger partial charge in [0.25, 0.3) is 0 Å². The fourth-order valence-corrected chi connectivity index (χ4v) is 4.35. The predicted octanol–water partition coefficient (Wildman–Crippen LogP) is 2.72. The minimum absolute atomic E-state index is 0.00904. The highest BCUT2D eigenvalue weighted by Gasteiger charge is 2.42. The second-order valence-electron chi connectivity index (χ2n) is 7.44. The fraction of sp³-hybridized carbons (Fsp3) is 0.474. The van der Waals surface area contributed by atoms with Gasteiger partial charge in [-0.15, -0.1) is 5.10 Å². The first kappa shape index (κ1) is 19.7. The van der Waals surface area contributed by atoms with Gasteiger partial charge < -0.3 is 20.2 Å². The first-order valence-electron chi connectivity index (χ1n) is 9.48. The van der Waals surface area contributed by atoms with Gasteiger partial charge in [0.2, 0.25) is 11.8 Å². The standard InChI is InChI=1S/C19H23ClN6O3/c1-11-24-25-18(29-11)22-14-5-3-4-13(20)16(14)19(2)10-15(27)26(17(21)23-19)12-6-8-28-9-7-12/h3-5,12H,6-10H2,1-2H3,(H2,21,23)(H,22,25)/t19-/m0/s1. The molecule has 9 nitrogen and oxygen atoms in total. The number of anilines is 2. The molecule has 1 saturated heterocycles. The van der Waals surface area contributed by atoms with Crippen molar-refractivity contribution in [3.8, 4) is 0 Å². The number of carbonyl (C=O) groups excluding carboxylic acids is 1. The quantitative estimate of drug-likeness (QED) is 0.783. The Hall–Kier alpha value is -2.65. The normalized spacial score (nSPS) is 23.2. The number of nitrogens with two attached hydrogens (primary N) is 1. The zero-order chi connectivity index (χ0) is 20.6. The summed E-state index contributed by atoms with van der Waals surface area (Å²) in [6.07, 6.45) is 1.63. The molecule has 0 bridgehead atoms. The summed E-state index contributed by atoms with van der Waals surface area (Å²) >= 11 is 6.55. The summed E-state index contributed by atoms with van der Waals surface area (Å²) in [7, 11) is 0. The number of halogens is 1. The van der Waals surface area contributed by atoms with Crippen LogP contribution in [0.3, 0.4) is 0 Å². The summed E-state index contributed by atoms with van der Waals surface area (Å²) in [5.41, 5.74) is 6.63. The Morgan fingerprint density at radius 1 is 1.31 bits per heavy atom. The Morgan fingerprint density at radius 3 is 2.72 bits per heavy atom. The summed E-state index contributed by atoms with van der Waals surface area (Å²) in [6, 6.07) is 5.63. The molecule has 1 amide bonds. The molecule has 1 atom stereocenters. The van der Waals surface area contributed by atoms with Gasteiger partial charge in [-0.25, -0.2) is 4.99 Å². The van der Waals surface area contributed by atoms with Crippen LogP contribution in [0, 0.1) is 6.92 Å². The highest BCUT2D eigenvalue weighted by atomic mass is 35.5. The third kappa shape index (κ3) is 3.79. The molecule has 2 aromatic rings. The molecule has 10 heteroatoms. The van der Waals surface area contributed by atoms with E-state index in [9.17, 15) is 4.79 Å². The number of guanidine groups is 1. The van der Waals surface area contributed by atoms with Gasteiger partial charge in [-0.3, -0.25) is 9.69 Å². The molecule has 2 aliphatic heterocycles. The average Bonchev–Trinajstić information content (AvgIpc) is 3.06. The summed E-state index contributed by atoms with van der Waals surface area (Å²) < 4.78 is 10.8. The maximum Gasteiger partial charge on any atom is 0.320 e. The van der Waals surface area contributed by atoms with Crippen LogP contribution >= 0.6 is 11.6 Å². The molecule has 4 rings (SSSR count). The van der Waals surface area contributed by atoms with Gasteiger partial charge in [-0.05, 0) is 31.9 Å². The van der Waals surface area contributed by atoms with Crippen LogP contribution in [-0.2, 0) is 15.1 Å². The molecule has 1 aromatic heterocycles. The molecule has 0 spiro atoms. The number of ether oxygens (including phenoxy) is 1. The number of hydrogen-bond donors (Lipinski definition) is 2. The van der Waals surface area contributed by atoms with E-state index in [4.69, 9.17) is 31.5 Å². The van der Waals surface area contributed by atoms with E-state index in [-0.39, 0.29) is 30.3 Å². The van der Waals surface area contributed by atoms with Gasteiger partial charge in [0.1, 0.15) is 0 Å². The summed E-state index contributed by atoms with van der Waals surface area (Å²) in [4.78, 5) is 19.4. The van der Waals surface area contributed by atoms with E-state index in [2.05, 4.69) is 15.5 Å². The molecule has 0 radical (unpaired) electrons. The molecule has 0 saturated carbocycles. The molecule has 0 unspecified atom stereocenters. The van der Waals surface area contributed by atoms with Gasteiger partial charge >= 0.3 is 6.01 Å². The highest BCUT2D eigenvalue weighted by Crippen LogP contribution is 2.42. The van der Waals surface area contributed by atoms with Gasteiger partial charge in [0.05, 0.1) is 12.0 Å². The highest BCUT2D eigenvalue weighted by molar-refractivity contribution is 6.32. The van der Waals surface area contributed by atoms with Gasteiger partial charge in [-0.2, -0.15) is 0 Å². The predicted molar refractivity (Wildman–Crippen MR) is 108 cm³/mol. The van der Waals surface area contributed by atoms with Crippen molar-refractivity contribution in [2.75, 3.05) is 18.5 Å². The van der Waals surface area contributed by atoms with E-state index in [1.807, 2.05) is 13.0 Å². The lowest BCUT2D eigenvalue weighted by Crippen LogP contribution is -2.55. The van der Waals surface area contributed by atoms with Gasteiger partial charge in [0, 0.05) is 42.5 Å². The Labute approximate surface area is 173 Å². The van der Waals surface area contributed by atoms with Crippen molar-refractivity contribution < 1.29 is 13.9 Å². The monoisotopic (exact) mass is 418 g/mol. The van der Waals surface area contributed by atoms with Crippen molar-refractivity contribution in [3.05, 3.63) is 34.7 Å². The van der Waals surface area contributed by atoms with Gasteiger partial charge in [0.15, 0.2) is 5.96 Å². The Balaban J connectivity index is 1.70.